The molecule has 0 aliphatic heterocycles. The lowest BCUT2D eigenvalue weighted by molar-refractivity contribution is -0.167. The van der Waals surface area contributed by atoms with Crippen LogP contribution in [0.15, 0.2) is 0 Å². The van der Waals surface area contributed by atoms with E-state index in [0.29, 0.717) is 5.92 Å². The number of esters is 1. The molecule has 0 aliphatic rings. The zero-order chi connectivity index (χ0) is 18.1. The van der Waals surface area contributed by atoms with Crippen LogP contribution in [0.5, 0.6) is 0 Å². The van der Waals surface area contributed by atoms with E-state index in [9.17, 15) is 4.79 Å². The number of unbranched alkanes of at least 4 members (excludes halogenated alkanes) is 3. The fourth-order valence-electron chi connectivity index (χ4n) is 3.43. The van der Waals surface area contributed by atoms with Gasteiger partial charge >= 0.3 is 5.97 Å². The van der Waals surface area contributed by atoms with Crippen molar-refractivity contribution < 1.29 is 9.53 Å². The van der Waals surface area contributed by atoms with Gasteiger partial charge < -0.3 is 4.74 Å². The Morgan fingerprint density at radius 2 is 1.57 bits per heavy atom. The zero-order valence-electron chi connectivity index (χ0n) is 17.1. The molecule has 0 spiro atoms. The molecule has 0 N–H and O–H groups in total. The van der Waals surface area contributed by atoms with Crippen molar-refractivity contribution in [3.05, 3.63) is 0 Å². The van der Waals surface area contributed by atoms with Crippen molar-refractivity contribution in [1.29, 1.82) is 0 Å². The fraction of sp³-hybridized carbons (Fsp3) is 0.952. The largest absolute Gasteiger partial charge is 0.462 e. The van der Waals surface area contributed by atoms with Crippen molar-refractivity contribution in [2.75, 3.05) is 0 Å². The summed E-state index contributed by atoms with van der Waals surface area (Å²) >= 11 is 0. The highest BCUT2D eigenvalue weighted by molar-refractivity contribution is 5.77. The first kappa shape index (κ1) is 22.5. The summed E-state index contributed by atoms with van der Waals surface area (Å²) in [5, 5.41) is 0. The Morgan fingerprint density at radius 3 is 2.00 bits per heavy atom. The molecule has 0 amide bonds. The number of ether oxygens (including phenoxy) is 1. The van der Waals surface area contributed by atoms with Crippen LogP contribution in [-0.4, -0.2) is 12.1 Å². The Balaban J connectivity index is 4.86. The van der Waals surface area contributed by atoms with E-state index in [2.05, 4.69) is 55.4 Å². The van der Waals surface area contributed by atoms with Crippen molar-refractivity contribution in [2.24, 2.45) is 16.7 Å². The molecule has 3 atom stereocenters. The minimum Gasteiger partial charge on any atom is -0.462 e. The van der Waals surface area contributed by atoms with Gasteiger partial charge in [-0.25, -0.2) is 0 Å². The first-order valence-electron chi connectivity index (χ1n) is 9.81. The summed E-state index contributed by atoms with van der Waals surface area (Å²) in [6.45, 7) is 17.5. The second-order valence-corrected chi connectivity index (χ2v) is 8.75. The van der Waals surface area contributed by atoms with Crippen molar-refractivity contribution >= 4 is 5.97 Å². The first-order chi connectivity index (χ1) is 10.6. The van der Waals surface area contributed by atoms with Crippen LogP contribution in [-0.2, 0) is 9.53 Å². The van der Waals surface area contributed by atoms with Crippen molar-refractivity contribution in [3.63, 3.8) is 0 Å². The van der Waals surface area contributed by atoms with E-state index in [1.165, 1.54) is 25.7 Å². The monoisotopic (exact) mass is 326 g/mol. The average molecular weight is 327 g/mol. The highest BCUT2D eigenvalue weighted by Crippen LogP contribution is 2.42. The van der Waals surface area contributed by atoms with E-state index >= 15 is 0 Å². The summed E-state index contributed by atoms with van der Waals surface area (Å²) in [7, 11) is 0. The predicted octanol–water partition coefficient (Wildman–Crippen LogP) is 6.77. The van der Waals surface area contributed by atoms with Gasteiger partial charge in [-0.3, -0.25) is 4.79 Å². The lowest BCUT2D eigenvalue weighted by Gasteiger charge is -2.39. The van der Waals surface area contributed by atoms with Gasteiger partial charge in [0.05, 0.1) is 5.41 Å². The van der Waals surface area contributed by atoms with Crippen LogP contribution >= 0.6 is 0 Å². The summed E-state index contributed by atoms with van der Waals surface area (Å²) in [5.74, 6) is 0.357. The summed E-state index contributed by atoms with van der Waals surface area (Å²) in [6.07, 6.45) is 8.83. The van der Waals surface area contributed by atoms with E-state index < -0.39 is 0 Å². The van der Waals surface area contributed by atoms with Crippen LogP contribution in [0.4, 0.5) is 0 Å². The van der Waals surface area contributed by atoms with Gasteiger partial charge in [0, 0.05) is 0 Å². The molecule has 0 aromatic rings. The number of rotatable bonds is 11. The van der Waals surface area contributed by atoms with Crippen molar-refractivity contribution in [2.45, 2.75) is 113 Å². The Labute approximate surface area is 145 Å². The maximum atomic E-state index is 13.0. The van der Waals surface area contributed by atoms with E-state index in [-0.39, 0.29) is 22.9 Å². The van der Waals surface area contributed by atoms with Crippen LogP contribution < -0.4 is 0 Å². The lowest BCUT2D eigenvalue weighted by atomic mass is 9.67. The quantitative estimate of drug-likeness (QED) is 0.309. The Morgan fingerprint density at radius 1 is 0.957 bits per heavy atom. The SMILES string of the molecule is CCCCCCC(CC)OC(=O)C(C)(CC(C)(C)C)C(C)CC. The molecule has 2 heteroatoms. The standard InChI is InChI=1S/C21H42O2/c1-9-12-13-14-15-18(11-3)23-19(22)21(8,17(4)10-2)16-20(5,6)7/h17-18H,9-16H2,1-8H3. The normalized spacial score (nSPS) is 17.4. The minimum atomic E-state index is -0.385. The predicted molar refractivity (Wildman–Crippen MR) is 101 cm³/mol. The van der Waals surface area contributed by atoms with Crippen LogP contribution in [0, 0.1) is 16.7 Å². The molecule has 3 unspecified atom stereocenters. The number of hydrogen-bond donors (Lipinski definition) is 0. The lowest BCUT2D eigenvalue weighted by Crippen LogP contribution is -2.41. The molecule has 0 fully saturated rings. The van der Waals surface area contributed by atoms with Gasteiger partial charge in [-0.1, -0.05) is 74.1 Å². The topological polar surface area (TPSA) is 26.3 Å². The van der Waals surface area contributed by atoms with E-state index in [1.54, 1.807) is 0 Å². The third-order valence-corrected chi connectivity index (χ3v) is 5.17. The molecule has 0 aromatic heterocycles. The summed E-state index contributed by atoms with van der Waals surface area (Å²) in [5.41, 5.74) is -0.260. The molecular weight excluding hydrogens is 284 g/mol. The average Bonchev–Trinajstić information content (AvgIpc) is 2.47. The minimum absolute atomic E-state index is 0.0177. The smallest absolute Gasteiger partial charge is 0.312 e. The van der Waals surface area contributed by atoms with Gasteiger partial charge in [-0.2, -0.15) is 0 Å². The Hall–Kier alpha value is -0.530. The van der Waals surface area contributed by atoms with Gasteiger partial charge in [0.25, 0.3) is 0 Å². The second-order valence-electron chi connectivity index (χ2n) is 8.75. The van der Waals surface area contributed by atoms with Crippen LogP contribution in [0.3, 0.4) is 0 Å². The van der Waals surface area contributed by atoms with Crippen molar-refractivity contribution in [1.82, 2.24) is 0 Å². The number of carbonyl (C=O) groups is 1. The maximum absolute atomic E-state index is 13.0. The molecule has 0 bridgehead atoms. The Bertz CT molecular complexity index is 329. The summed E-state index contributed by atoms with van der Waals surface area (Å²) < 4.78 is 5.97. The van der Waals surface area contributed by atoms with Crippen LogP contribution in [0.2, 0.25) is 0 Å². The van der Waals surface area contributed by atoms with Gasteiger partial charge in [0.2, 0.25) is 0 Å². The molecule has 0 radical (unpaired) electrons. The third kappa shape index (κ3) is 8.22. The fourth-order valence-corrected chi connectivity index (χ4v) is 3.43. The van der Waals surface area contributed by atoms with Gasteiger partial charge in [-0.05, 0) is 43.9 Å². The van der Waals surface area contributed by atoms with E-state index in [1.807, 2.05) is 0 Å². The second kappa shape index (κ2) is 10.4. The molecular formula is C21H42O2. The number of carbonyl (C=O) groups excluding carboxylic acids is 1. The van der Waals surface area contributed by atoms with Gasteiger partial charge in [-0.15, -0.1) is 0 Å². The van der Waals surface area contributed by atoms with Crippen LogP contribution in [0.25, 0.3) is 0 Å². The molecule has 2 nitrogen and oxygen atoms in total. The summed E-state index contributed by atoms with van der Waals surface area (Å²) in [4.78, 5) is 13.0. The van der Waals surface area contributed by atoms with Crippen molar-refractivity contribution in [3.8, 4) is 0 Å². The molecule has 0 saturated heterocycles. The highest BCUT2D eigenvalue weighted by Gasteiger charge is 2.43. The highest BCUT2D eigenvalue weighted by atomic mass is 16.5. The molecule has 0 rings (SSSR count). The van der Waals surface area contributed by atoms with Gasteiger partial charge in [0.15, 0.2) is 0 Å². The number of hydrogen-bond acceptors (Lipinski definition) is 2. The van der Waals surface area contributed by atoms with E-state index in [0.717, 1.165) is 25.7 Å². The molecule has 138 valence electrons. The molecule has 0 aromatic carbocycles. The molecule has 0 aliphatic carbocycles. The Kier molecular flexibility index (Phi) is 10.1. The third-order valence-electron chi connectivity index (χ3n) is 5.17. The van der Waals surface area contributed by atoms with E-state index in [4.69, 9.17) is 4.74 Å². The van der Waals surface area contributed by atoms with Gasteiger partial charge in [0.1, 0.15) is 6.10 Å². The molecule has 0 heterocycles. The van der Waals surface area contributed by atoms with Crippen LogP contribution in [0.1, 0.15) is 107 Å². The zero-order valence-corrected chi connectivity index (χ0v) is 17.1. The first-order valence-corrected chi connectivity index (χ1v) is 9.81. The summed E-state index contributed by atoms with van der Waals surface area (Å²) in [6, 6.07) is 0. The molecule has 0 saturated carbocycles. The molecule has 23 heavy (non-hydrogen) atoms. The maximum Gasteiger partial charge on any atom is 0.312 e.